The van der Waals surface area contributed by atoms with Crippen molar-refractivity contribution in [1.29, 1.82) is 0 Å². The molecule has 23 heavy (non-hydrogen) atoms. The molecule has 1 aromatic rings. The van der Waals surface area contributed by atoms with Gasteiger partial charge in [-0.1, -0.05) is 0 Å². The molecule has 0 aromatic carbocycles. The molecule has 1 aromatic heterocycles. The van der Waals surface area contributed by atoms with Gasteiger partial charge in [-0.25, -0.2) is 0 Å². The first-order chi connectivity index (χ1) is 10.9. The maximum absolute atomic E-state index is 13.1. The second kappa shape index (κ2) is 6.09. The molecule has 6 nitrogen and oxygen atoms in total. The Kier molecular flexibility index (Phi) is 4.29. The maximum atomic E-state index is 13.1. The molecule has 1 saturated heterocycles. The molecule has 0 bridgehead atoms. The summed E-state index contributed by atoms with van der Waals surface area (Å²) >= 11 is 0. The third-order valence-corrected chi connectivity index (χ3v) is 5.03. The van der Waals surface area contributed by atoms with E-state index in [1.165, 1.54) is 0 Å². The van der Waals surface area contributed by atoms with Crippen LogP contribution in [0.25, 0.3) is 0 Å². The highest BCUT2D eigenvalue weighted by Crippen LogP contribution is 2.24. The number of aromatic nitrogens is 1. The molecule has 2 aliphatic heterocycles. The molecule has 3 rings (SSSR count). The smallest absolute Gasteiger partial charge is 0.250 e. The molecule has 3 heterocycles. The van der Waals surface area contributed by atoms with E-state index in [1.54, 1.807) is 17.7 Å². The Morgan fingerprint density at radius 1 is 1.17 bits per heavy atom. The van der Waals surface area contributed by atoms with Crippen LogP contribution in [0.1, 0.15) is 25.0 Å². The highest BCUT2D eigenvalue weighted by atomic mass is 16.5. The highest BCUT2D eigenvalue weighted by Gasteiger charge is 2.39. The molecule has 0 atom stereocenters. The first-order valence-corrected chi connectivity index (χ1v) is 8.20. The second-order valence-corrected chi connectivity index (χ2v) is 6.91. The van der Waals surface area contributed by atoms with Crippen molar-refractivity contribution in [3.05, 3.63) is 33.7 Å². The molecular formula is C17H25N3O3. The van der Waals surface area contributed by atoms with Crippen molar-refractivity contribution >= 4 is 5.91 Å². The molecule has 0 saturated carbocycles. The third kappa shape index (κ3) is 3.05. The number of nitrogens with zero attached hydrogens (tertiary/aromatic N) is 3. The van der Waals surface area contributed by atoms with Gasteiger partial charge < -0.3 is 14.2 Å². The van der Waals surface area contributed by atoms with Gasteiger partial charge in [0.25, 0.3) is 5.56 Å². The lowest BCUT2D eigenvalue weighted by Crippen LogP contribution is -2.59. The van der Waals surface area contributed by atoms with Crippen LogP contribution < -0.4 is 5.56 Å². The number of ether oxygens (including phenoxy) is 1. The van der Waals surface area contributed by atoms with Gasteiger partial charge in [-0.3, -0.25) is 14.5 Å². The lowest BCUT2D eigenvalue weighted by atomic mass is 9.96. The molecule has 0 radical (unpaired) electrons. The van der Waals surface area contributed by atoms with Gasteiger partial charge in [-0.15, -0.1) is 0 Å². The second-order valence-electron chi connectivity index (χ2n) is 6.91. The molecule has 0 aliphatic carbocycles. The zero-order valence-corrected chi connectivity index (χ0v) is 14.2. The number of aryl methyl sites for hydroxylation is 1. The summed E-state index contributed by atoms with van der Waals surface area (Å²) in [7, 11) is 1.75. The Labute approximate surface area is 136 Å². The molecule has 0 spiro atoms. The Morgan fingerprint density at radius 3 is 2.57 bits per heavy atom. The van der Waals surface area contributed by atoms with Crippen molar-refractivity contribution in [3.63, 3.8) is 0 Å². The first kappa shape index (κ1) is 16.2. The monoisotopic (exact) mass is 319 g/mol. The van der Waals surface area contributed by atoms with Crippen LogP contribution in [0.3, 0.4) is 0 Å². The van der Waals surface area contributed by atoms with Crippen LogP contribution in [0.5, 0.6) is 0 Å². The molecular weight excluding hydrogens is 294 g/mol. The number of hydrogen-bond donors (Lipinski definition) is 0. The van der Waals surface area contributed by atoms with Gasteiger partial charge in [0, 0.05) is 45.5 Å². The molecule has 126 valence electrons. The minimum atomic E-state index is -0.526. The van der Waals surface area contributed by atoms with E-state index in [1.807, 2.05) is 24.9 Å². The summed E-state index contributed by atoms with van der Waals surface area (Å²) in [5, 5.41) is 0. The Hall–Kier alpha value is -1.66. The number of carbonyl (C=O) groups excluding carboxylic acids is 1. The van der Waals surface area contributed by atoms with E-state index in [0.717, 1.165) is 30.6 Å². The van der Waals surface area contributed by atoms with E-state index >= 15 is 0 Å². The SMILES string of the molecule is Cn1cc2c(cc1=O)CCN(C(=O)C(C)(C)N1CCOCC1)C2. The standard InChI is InChI=1S/C17H25N3O3/c1-17(2,20-6-8-23-9-7-20)16(22)19-5-4-13-10-15(21)18(3)11-14(13)12-19/h10-11H,4-9,12H2,1-3H3. The summed E-state index contributed by atoms with van der Waals surface area (Å²) in [6.07, 6.45) is 2.61. The Morgan fingerprint density at radius 2 is 1.87 bits per heavy atom. The first-order valence-electron chi connectivity index (χ1n) is 8.20. The number of carbonyl (C=O) groups is 1. The van der Waals surface area contributed by atoms with Gasteiger partial charge in [0.05, 0.1) is 18.8 Å². The van der Waals surface area contributed by atoms with E-state index < -0.39 is 5.54 Å². The van der Waals surface area contributed by atoms with E-state index in [-0.39, 0.29) is 11.5 Å². The summed E-state index contributed by atoms with van der Waals surface area (Å²) in [5.41, 5.74) is 1.63. The van der Waals surface area contributed by atoms with E-state index in [9.17, 15) is 9.59 Å². The van der Waals surface area contributed by atoms with Crippen LogP contribution in [0.2, 0.25) is 0 Å². The normalized spacial score (nSPS) is 19.5. The zero-order valence-electron chi connectivity index (χ0n) is 14.2. The zero-order chi connectivity index (χ0) is 16.6. The Balaban J connectivity index is 1.78. The fourth-order valence-electron chi connectivity index (χ4n) is 3.46. The number of rotatable bonds is 2. The molecule has 1 amide bonds. The van der Waals surface area contributed by atoms with Crippen molar-refractivity contribution in [1.82, 2.24) is 14.4 Å². The predicted octanol–water partition coefficient (Wildman–Crippen LogP) is 0.381. The summed E-state index contributed by atoms with van der Waals surface area (Å²) < 4.78 is 6.98. The van der Waals surface area contributed by atoms with Gasteiger partial charge in [0.2, 0.25) is 5.91 Å². The van der Waals surface area contributed by atoms with Gasteiger partial charge in [-0.2, -0.15) is 0 Å². The highest BCUT2D eigenvalue weighted by molar-refractivity contribution is 5.85. The van der Waals surface area contributed by atoms with Crippen molar-refractivity contribution in [2.45, 2.75) is 32.4 Å². The number of hydrogen-bond acceptors (Lipinski definition) is 4. The number of morpholine rings is 1. The third-order valence-electron chi connectivity index (χ3n) is 5.03. The largest absolute Gasteiger partial charge is 0.379 e. The summed E-state index contributed by atoms with van der Waals surface area (Å²) in [4.78, 5) is 28.9. The lowest BCUT2D eigenvalue weighted by molar-refractivity contribution is -0.146. The van der Waals surface area contributed by atoms with Gasteiger partial charge >= 0.3 is 0 Å². The molecule has 0 N–H and O–H groups in total. The number of pyridine rings is 1. The number of amides is 1. The van der Waals surface area contributed by atoms with Crippen LogP contribution in [0, 0.1) is 0 Å². The average molecular weight is 319 g/mol. The maximum Gasteiger partial charge on any atom is 0.250 e. The van der Waals surface area contributed by atoms with Gasteiger partial charge in [0.15, 0.2) is 0 Å². The predicted molar refractivity (Wildman–Crippen MR) is 87.3 cm³/mol. The van der Waals surface area contributed by atoms with Crippen LogP contribution in [0.15, 0.2) is 17.1 Å². The van der Waals surface area contributed by atoms with Crippen molar-refractivity contribution < 1.29 is 9.53 Å². The van der Waals surface area contributed by atoms with Crippen LogP contribution in [0.4, 0.5) is 0 Å². The van der Waals surface area contributed by atoms with Crippen LogP contribution in [-0.2, 0) is 29.5 Å². The summed E-state index contributed by atoms with van der Waals surface area (Å²) in [5.74, 6) is 0.152. The van der Waals surface area contributed by atoms with E-state index in [0.29, 0.717) is 26.3 Å². The molecule has 2 aliphatic rings. The quantitative estimate of drug-likeness (QED) is 0.791. The minimum absolute atomic E-state index is 0.0113. The molecule has 1 fully saturated rings. The van der Waals surface area contributed by atoms with Crippen LogP contribution >= 0.6 is 0 Å². The van der Waals surface area contributed by atoms with Crippen LogP contribution in [-0.4, -0.2) is 58.7 Å². The molecule has 0 unspecified atom stereocenters. The Bertz CT molecular complexity index is 660. The van der Waals surface area contributed by atoms with E-state index in [2.05, 4.69) is 4.90 Å². The van der Waals surface area contributed by atoms with Crippen molar-refractivity contribution in [2.75, 3.05) is 32.8 Å². The van der Waals surface area contributed by atoms with Crippen molar-refractivity contribution in [2.24, 2.45) is 7.05 Å². The summed E-state index contributed by atoms with van der Waals surface area (Å²) in [6, 6.07) is 1.70. The topological polar surface area (TPSA) is 54.8 Å². The minimum Gasteiger partial charge on any atom is -0.379 e. The lowest BCUT2D eigenvalue weighted by Gasteiger charge is -2.43. The number of fused-ring (bicyclic) bond motifs is 1. The fraction of sp³-hybridized carbons (Fsp3) is 0.647. The summed E-state index contributed by atoms with van der Waals surface area (Å²) in [6.45, 7) is 8.19. The van der Waals surface area contributed by atoms with Gasteiger partial charge in [-0.05, 0) is 31.4 Å². The fourth-order valence-corrected chi connectivity index (χ4v) is 3.46. The average Bonchev–Trinajstić information content (AvgIpc) is 2.55. The van der Waals surface area contributed by atoms with Crippen molar-refractivity contribution in [3.8, 4) is 0 Å². The van der Waals surface area contributed by atoms with Gasteiger partial charge in [0.1, 0.15) is 0 Å². The molecule has 6 heteroatoms. The van der Waals surface area contributed by atoms with E-state index in [4.69, 9.17) is 4.74 Å².